The van der Waals surface area contributed by atoms with Crippen LogP contribution in [0.5, 0.6) is 5.75 Å². The Morgan fingerprint density at radius 3 is 2.61 bits per heavy atom. The summed E-state index contributed by atoms with van der Waals surface area (Å²) >= 11 is 0. The predicted molar refractivity (Wildman–Crippen MR) is 72.4 cm³/mol. The average Bonchev–Trinajstić information content (AvgIpc) is 2.44. The van der Waals surface area contributed by atoms with Crippen molar-refractivity contribution < 1.29 is 37.3 Å². The van der Waals surface area contributed by atoms with Crippen LogP contribution < -0.4 is 15.8 Å². The molecule has 1 aromatic carbocycles. The molecule has 0 bridgehead atoms. The molecule has 1 amide bonds. The minimum Gasteiger partial charge on any atom is -0.464 e. The van der Waals surface area contributed by atoms with Crippen molar-refractivity contribution in [2.45, 2.75) is 25.4 Å². The van der Waals surface area contributed by atoms with Crippen molar-refractivity contribution in [2.24, 2.45) is 5.73 Å². The summed E-state index contributed by atoms with van der Waals surface area (Å²) < 4.78 is 44.6. The molecule has 0 heterocycles. The number of rotatable bonds is 6. The Hall–Kier alpha value is -2.33. The molecular formula is C13H15F3N2O5. The van der Waals surface area contributed by atoms with E-state index in [1.807, 2.05) is 0 Å². The van der Waals surface area contributed by atoms with Crippen molar-refractivity contribution >= 4 is 17.6 Å². The van der Waals surface area contributed by atoms with Gasteiger partial charge in [-0.05, 0) is 19.1 Å². The Bertz CT molecular complexity index is 565. The fraction of sp³-hybridized carbons (Fsp3) is 0.385. The summed E-state index contributed by atoms with van der Waals surface area (Å²) in [6.07, 6.45) is -6.77. The Morgan fingerprint density at radius 1 is 1.39 bits per heavy atom. The number of nitrogens with two attached hydrogens (primary N) is 1. The van der Waals surface area contributed by atoms with Gasteiger partial charge >= 0.3 is 12.3 Å². The number of ether oxygens (including phenoxy) is 2. The third kappa shape index (κ3) is 6.12. The maximum Gasteiger partial charge on any atom is 0.573 e. The van der Waals surface area contributed by atoms with Gasteiger partial charge in [0.25, 0.3) is 0 Å². The number of alkyl halides is 3. The molecule has 0 aliphatic heterocycles. The summed E-state index contributed by atoms with van der Waals surface area (Å²) in [5, 5.41) is 11.7. The maximum atomic E-state index is 12.1. The van der Waals surface area contributed by atoms with Crippen LogP contribution in [0.2, 0.25) is 0 Å². The van der Waals surface area contributed by atoms with Crippen molar-refractivity contribution in [3.63, 3.8) is 0 Å². The molecule has 0 radical (unpaired) electrons. The molecule has 0 spiro atoms. The third-order valence-corrected chi connectivity index (χ3v) is 2.51. The van der Waals surface area contributed by atoms with E-state index >= 15 is 0 Å². The van der Waals surface area contributed by atoms with Gasteiger partial charge in [-0.2, -0.15) is 0 Å². The highest BCUT2D eigenvalue weighted by Crippen LogP contribution is 2.25. The molecule has 128 valence electrons. The fourth-order valence-electron chi connectivity index (χ4n) is 1.51. The lowest BCUT2D eigenvalue weighted by Crippen LogP contribution is -2.49. The summed E-state index contributed by atoms with van der Waals surface area (Å²) in [6.45, 7) is 1.49. The molecule has 0 saturated carbocycles. The summed E-state index contributed by atoms with van der Waals surface area (Å²) in [6, 6.07) is 2.79. The first-order valence-corrected chi connectivity index (χ1v) is 6.41. The highest BCUT2D eigenvalue weighted by atomic mass is 19.4. The number of hydrogen-bond donors (Lipinski definition) is 3. The number of anilines is 1. The van der Waals surface area contributed by atoms with E-state index in [1.165, 1.54) is 19.1 Å². The summed E-state index contributed by atoms with van der Waals surface area (Å²) in [5.74, 6) is -2.60. The average molecular weight is 336 g/mol. The topological polar surface area (TPSA) is 111 Å². The summed E-state index contributed by atoms with van der Waals surface area (Å²) in [4.78, 5) is 23.1. The molecule has 4 N–H and O–H groups in total. The zero-order valence-corrected chi connectivity index (χ0v) is 12.0. The van der Waals surface area contributed by atoms with Gasteiger partial charge in [0.05, 0.1) is 6.61 Å². The number of benzene rings is 1. The van der Waals surface area contributed by atoms with Crippen LogP contribution in [-0.4, -0.2) is 42.1 Å². The van der Waals surface area contributed by atoms with E-state index in [1.54, 1.807) is 0 Å². The molecule has 2 atom stereocenters. The van der Waals surface area contributed by atoms with Gasteiger partial charge in [0, 0.05) is 11.8 Å². The first-order chi connectivity index (χ1) is 10.6. The van der Waals surface area contributed by atoms with Crippen LogP contribution in [0.15, 0.2) is 24.3 Å². The van der Waals surface area contributed by atoms with E-state index in [4.69, 9.17) is 5.73 Å². The molecule has 23 heavy (non-hydrogen) atoms. The number of aliphatic hydroxyl groups is 1. The SMILES string of the molecule is CCOC(=O)C(O)C(N)C(=O)Nc1cccc(OC(F)(F)F)c1. The smallest absolute Gasteiger partial charge is 0.464 e. The third-order valence-electron chi connectivity index (χ3n) is 2.51. The molecule has 0 aliphatic rings. The minimum absolute atomic E-state index is 0.0128. The number of esters is 1. The van der Waals surface area contributed by atoms with Gasteiger partial charge < -0.3 is 25.6 Å². The first kappa shape index (κ1) is 18.7. The van der Waals surface area contributed by atoms with Crippen LogP contribution in [0.3, 0.4) is 0 Å². The molecule has 1 rings (SSSR count). The van der Waals surface area contributed by atoms with Crippen molar-refractivity contribution in [1.82, 2.24) is 0 Å². The quantitative estimate of drug-likeness (QED) is 0.662. The molecular weight excluding hydrogens is 321 g/mol. The van der Waals surface area contributed by atoms with E-state index in [0.717, 1.165) is 12.1 Å². The highest BCUT2D eigenvalue weighted by molar-refractivity contribution is 5.98. The number of nitrogens with one attached hydrogen (secondary N) is 1. The fourth-order valence-corrected chi connectivity index (χ4v) is 1.51. The van der Waals surface area contributed by atoms with Crippen LogP contribution in [0.1, 0.15) is 6.92 Å². The van der Waals surface area contributed by atoms with Gasteiger partial charge in [-0.25, -0.2) is 4.79 Å². The van der Waals surface area contributed by atoms with Gasteiger partial charge in [0.1, 0.15) is 11.8 Å². The van der Waals surface area contributed by atoms with Gasteiger partial charge in [-0.1, -0.05) is 6.07 Å². The van der Waals surface area contributed by atoms with Crippen molar-refractivity contribution in [3.8, 4) is 5.75 Å². The van der Waals surface area contributed by atoms with Gasteiger partial charge in [-0.15, -0.1) is 13.2 Å². The standard InChI is InChI=1S/C13H15F3N2O5/c1-2-22-12(21)10(19)9(17)11(20)18-7-4-3-5-8(6-7)23-13(14,15)16/h3-6,9-10,19H,2,17H2,1H3,(H,18,20). The van der Waals surface area contributed by atoms with E-state index in [9.17, 15) is 27.9 Å². The lowest BCUT2D eigenvalue weighted by Gasteiger charge is -2.17. The number of hydrogen-bond acceptors (Lipinski definition) is 6. The van der Waals surface area contributed by atoms with Gasteiger partial charge in [0.15, 0.2) is 6.10 Å². The van der Waals surface area contributed by atoms with Crippen molar-refractivity contribution in [3.05, 3.63) is 24.3 Å². The van der Waals surface area contributed by atoms with Crippen LogP contribution >= 0.6 is 0 Å². The predicted octanol–water partition coefficient (Wildman–Crippen LogP) is 0.775. The molecule has 0 aromatic heterocycles. The molecule has 1 aromatic rings. The number of halogens is 3. The van der Waals surface area contributed by atoms with E-state index in [0.29, 0.717) is 0 Å². The van der Waals surface area contributed by atoms with E-state index in [-0.39, 0.29) is 12.3 Å². The second-order valence-electron chi connectivity index (χ2n) is 4.29. The molecule has 0 fully saturated rings. The molecule has 2 unspecified atom stereocenters. The Morgan fingerprint density at radius 2 is 2.04 bits per heavy atom. The lowest BCUT2D eigenvalue weighted by atomic mass is 10.1. The second kappa shape index (κ2) is 7.79. The Balaban J connectivity index is 2.73. The number of carbonyl (C=O) groups is 2. The minimum atomic E-state index is -4.88. The largest absolute Gasteiger partial charge is 0.573 e. The maximum absolute atomic E-state index is 12.1. The van der Waals surface area contributed by atoms with E-state index < -0.39 is 36.1 Å². The first-order valence-electron chi connectivity index (χ1n) is 6.41. The second-order valence-corrected chi connectivity index (χ2v) is 4.29. The number of aliphatic hydroxyl groups excluding tert-OH is 1. The molecule has 10 heteroatoms. The van der Waals surface area contributed by atoms with Crippen molar-refractivity contribution in [1.29, 1.82) is 0 Å². The number of amides is 1. The zero-order chi connectivity index (χ0) is 17.6. The monoisotopic (exact) mass is 336 g/mol. The van der Waals surface area contributed by atoms with E-state index in [2.05, 4.69) is 14.8 Å². The lowest BCUT2D eigenvalue weighted by molar-refractivity contribution is -0.274. The molecule has 0 saturated heterocycles. The van der Waals surface area contributed by atoms with Crippen LogP contribution in [0.4, 0.5) is 18.9 Å². The molecule has 7 nitrogen and oxygen atoms in total. The summed E-state index contributed by atoms with van der Waals surface area (Å²) in [5.41, 5.74) is 5.35. The Kier molecular flexibility index (Phi) is 6.34. The van der Waals surface area contributed by atoms with Crippen molar-refractivity contribution in [2.75, 3.05) is 11.9 Å². The number of carbonyl (C=O) groups excluding carboxylic acids is 2. The molecule has 0 aliphatic carbocycles. The zero-order valence-electron chi connectivity index (χ0n) is 12.0. The normalized spacial score (nSPS) is 13.8. The van der Waals surface area contributed by atoms with Gasteiger partial charge in [-0.3, -0.25) is 4.79 Å². The highest BCUT2D eigenvalue weighted by Gasteiger charge is 2.32. The Labute approximate surface area is 129 Å². The summed E-state index contributed by atoms with van der Waals surface area (Å²) in [7, 11) is 0. The van der Waals surface area contributed by atoms with Crippen LogP contribution in [-0.2, 0) is 14.3 Å². The van der Waals surface area contributed by atoms with Crippen LogP contribution in [0.25, 0.3) is 0 Å². The van der Waals surface area contributed by atoms with Crippen LogP contribution in [0, 0.1) is 0 Å². The van der Waals surface area contributed by atoms with Gasteiger partial charge in [0.2, 0.25) is 5.91 Å².